The second kappa shape index (κ2) is 7.83. The van der Waals surface area contributed by atoms with E-state index in [0.29, 0.717) is 19.5 Å². The zero-order valence-electron chi connectivity index (χ0n) is 14.3. The number of likely N-dealkylation sites (N-methyl/N-ethyl adjacent to an activating group) is 1. The smallest absolute Gasteiger partial charge is 0.317 e. The Bertz CT molecular complexity index is 702. The van der Waals surface area contributed by atoms with Gasteiger partial charge in [0.25, 0.3) is 0 Å². The zero-order valence-corrected chi connectivity index (χ0v) is 14.3. The molecule has 0 spiro atoms. The van der Waals surface area contributed by atoms with Crippen LogP contribution in [0.25, 0.3) is 0 Å². The van der Waals surface area contributed by atoms with Gasteiger partial charge in [0.1, 0.15) is 6.04 Å². The number of carbonyl (C=O) groups is 2. The van der Waals surface area contributed by atoms with Gasteiger partial charge in [-0.3, -0.25) is 4.79 Å². The summed E-state index contributed by atoms with van der Waals surface area (Å²) in [5, 5.41) is 2.88. The minimum atomic E-state index is -0.408. The van der Waals surface area contributed by atoms with E-state index in [9.17, 15) is 9.59 Å². The number of amides is 3. The van der Waals surface area contributed by atoms with Gasteiger partial charge in [-0.1, -0.05) is 18.2 Å². The number of hydrogen-bond donors (Lipinski definition) is 1. The zero-order chi connectivity index (χ0) is 17.6. The van der Waals surface area contributed by atoms with Crippen molar-refractivity contribution in [1.82, 2.24) is 19.8 Å². The number of carbonyl (C=O) groups excluding carboxylic acids is 2. The molecule has 132 valence electrons. The SMILES string of the molecule is CN(C(=O)NCCCn1ccnc1)C1CCN(c2ccccc2)C1=O. The average molecular weight is 341 g/mol. The molecule has 3 rings (SSSR count). The third-order valence-electron chi connectivity index (χ3n) is 4.46. The van der Waals surface area contributed by atoms with Crippen molar-refractivity contribution >= 4 is 17.6 Å². The lowest BCUT2D eigenvalue weighted by Gasteiger charge is -2.24. The average Bonchev–Trinajstić information content (AvgIpc) is 3.28. The van der Waals surface area contributed by atoms with Gasteiger partial charge in [-0.05, 0) is 25.0 Å². The molecule has 1 fully saturated rings. The molecule has 2 heterocycles. The quantitative estimate of drug-likeness (QED) is 0.813. The Morgan fingerprint density at radius 1 is 1.36 bits per heavy atom. The first-order valence-electron chi connectivity index (χ1n) is 8.49. The summed E-state index contributed by atoms with van der Waals surface area (Å²) in [5.41, 5.74) is 0.879. The predicted molar refractivity (Wildman–Crippen MR) is 95.2 cm³/mol. The van der Waals surface area contributed by atoms with Crippen molar-refractivity contribution in [2.75, 3.05) is 25.0 Å². The molecule has 0 aliphatic carbocycles. The molecule has 0 bridgehead atoms. The van der Waals surface area contributed by atoms with Crippen LogP contribution in [0.3, 0.4) is 0 Å². The van der Waals surface area contributed by atoms with Crippen LogP contribution in [-0.4, -0.2) is 52.6 Å². The largest absolute Gasteiger partial charge is 0.338 e. The van der Waals surface area contributed by atoms with Crippen LogP contribution < -0.4 is 10.2 Å². The first-order chi connectivity index (χ1) is 12.2. The molecular weight excluding hydrogens is 318 g/mol. The Kier molecular flexibility index (Phi) is 5.33. The molecule has 1 aromatic heterocycles. The molecule has 7 nitrogen and oxygen atoms in total. The summed E-state index contributed by atoms with van der Waals surface area (Å²) in [6.07, 6.45) is 6.83. The molecule has 7 heteroatoms. The minimum absolute atomic E-state index is 0.0257. The van der Waals surface area contributed by atoms with Gasteiger partial charge in [0.05, 0.1) is 6.33 Å². The topological polar surface area (TPSA) is 70.5 Å². The van der Waals surface area contributed by atoms with Crippen LogP contribution in [0, 0.1) is 0 Å². The van der Waals surface area contributed by atoms with Gasteiger partial charge in [-0.25, -0.2) is 9.78 Å². The monoisotopic (exact) mass is 341 g/mol. The van der Waals surface area contributed by atoms with Gasteiger partial charge in [0.15, 0.2) is 0 Å². The molecule has 1 unspecified atom stereocenters. The molecule has 1 atom stereocenters. The molecule has 1 aliphatic heterocycles. The lowest BCUT2D eigenvalue weighted by Crippen LogP contribution is -2.47. The van der Waals surface area contributed by atoms with Crippen LogP contribution in [0.5, 0.6) is 0 Å². The minimum Gasteiger partial charge on any atom is -0.338 e. The van der Waals surface area contributed by atoms with E-state index in [1.807, 2.05) is 41.1 Å². The van der Waals surface area contributed by atoms with Gasteiger partial charge < -0.3 is 19.7 Å². The Balaban J connectivity index is 1.48. The summed E-state index contributed by atoms with van der Waals surface area (Å²) >= 11 is 0. The van der Waals surface area contributed by atoms with Crippen molar-refractivity contribution in [3.05, 3.63) is 49.1 Å². The molecule has 1 aromatic carbocycles. The number of nitrogens with zero attached hydrogens (tertiary/aromatic N) is 4. The van der Waals surface area contributed by atoms with Gasteiger partial charge in [-0.15, -0.1) is 0 Å². The molecule has 1 aliphatic rings. The summed E-state index contributed by atoms with van der Waals surface area (Å²) in [6, 6.07) is 8.95. The van der Waals surface area contributed by atoms with Crippen molar-refractivity contribution in [3.63, 3.8) is 0 Å². The number of urea groups is 1. The van der Waals surface area contributed by atoms with Gasteiger partial charge in [0, 0.05) is 44.8 Å². The number of anilines is 1. The number of imidazole rings is 1. The van der Waals surface area contributed by atoms with Crippen LogP contribution in [0.1, 0.15) is 12.8 Å². The van der Waals surface area contributed by atoms with Crippen molar-refractivity contribution in [3.8, 4) is 0 Å². The van der Waals surface area contributed by atoms with Gasteiger partial charge in [-0.2, -0.15) is 0 Å². The van der Waals surface area contributed by atoms with Crippen molar-refractivity contribution in [1.29, 1.82) is 0 Å². The van der Waals surface area contributed by atoms with Crippen LogP contribution >= 0.6 is 0 Å². The summed E-state index contributed by atoms with van der Waals surface area (Å²) < 4.78 is 1.97. The maximum atomic E-state index is 12.6. The number of hydrogen-bond acceptors (Lipinski definition) is 3. The first-order valence-corrected chi connectivity index (χ1v) is 8.49. The van der Waals surface area contributed by atoms with Crippen LogP contribution in [0.2, 0.25) is 0 Å². The second-order valence-electron chi connectivity index (χ2n) is 6.13. The Hall–Kier alpha value is -2.83. The van der Waals surface area contributed by atoms with E-state index < -0.39 is 6.04 Å². The summed E-state index contributed by atoms with van der Waals surface area (Å²) in [5.74, 6) is -0.0257. The first kappa shape index (κ1) is 17.0. The summed E-state index contributed by atoms with van der Waals surface area (Å²) in [7, 11) is 1.68. The lowest BCUT2D eigenvalue weighted by atomic mass is 10.2. The van der Waals surface area contributed by atoms with Crippen LogP contribution in [0.15, 0.2) is 49.1 Å². The number of para-hydroxylation sites is 1. The molecule has 3 amide bonds. The van der Waals surface area contributed by atoms with Crippen LogP contribution in [-0.2, 0) is 11.3 Å². The van der Waals surface area contributed by atoms with E-state index in [2.05, 4.69) is 10.3 Å². The summed E-state index contributed by atoms with van der Waals surface area (Å²) in [6.45, 7) is 1.99. The number of aryl methyl sites for hydroxylation is 1. The van der Waals surface area contributed by atoms with E-state index >= 15 is 0 Å². The van der Waals surface area contributed by atoms with E-state index in [1.54, 1.807) is 24.5 Å². The molecule has 0 saturated carbocycles. The van der Waals surface area contributed by atoms with Crippen molar-refractivity contribution in [2.45, 2.75) is 25.4 Å². The molecule has 1 N–H and O–H groups in total. The number of nitrogens with one attached hydrogen (secondary N) is 1. The van der Waals surface area contributed by atoms with Gasteiger partial charge in [0.2, 0.25) is 5.91 Å². The molecule has 1 saturated heterocycles. The molecular formula is C18H23N5O2. The third-order valence-corrected chi connectivity index (χ3v) is 4.46. The highest BCUT2D eigenvalue weighted by molar-refractivity contribution is 6.01. The Morgan fingerprint density at radius 2 is 2.16 bits per heavy atom. The Labute approximate surface area is 147 Å². The highest BCUT2D eigenvalue weighted by Gasteiger charge is 2.37. The fourth-order valence-electron chi connectivity index (χ4n) is 3.03. The molecule has 25 heavy (non-hydrogen) atoms. The maximum absolute atomic E-state index is 12.6. The molecule has 2 aromatic rings. The van der Waals surface area contributed by atoms with E-state index in [0.717, 1.165) is 18.7 Å². The number of rotatable bonds is 6. The maximum Gasteiger partial charge on any atom is 0.317 e. The van der Waals surface area contributed by atoms with E-state index in [1.165, 1.54) is 4.90 Å². The van der Waals surface area contributed by atoms with Crippen molar-refractivity contribution in [2.24, 2.45) is 0 Å². The van der Waals surface area contributed by atoms with Crippen LogP contribution in [0.4, 0.5) is 10.5 Å². The predicted octanol–water partition coefficient (Wildman–Crippen LogP) is 1.72. The molecule has 0 radical (unpaired) electrons. The fourth-order valence-corrected chi connectivity index (χ4v) is 3.03. The second-order valence-corrected chi connectivity index (χ2v) is 6.13. The lowest BCUT2D eigenvalue weighted by molar-refractivity contribution is -0.120. The normalized spacial score (nSPS) is 16.9. The standard InChI is InChI=1S/C18H23N5O2/c1-21(18(25)20-9-5-11-22-13-10-19-14-22)16-8-12-23(17(16)24)15-6-3-2-4-7-15/h2-4,6-7,10,13-14,16H,5,8-9,11-12H2,1H3,(H,20,25). The highest BCUT2D eigenvalue weighted by atomic mass is 16.2. The van der Waals surface area contributed by atoms with E-state index in [-0.39, 0.29) is 11.9 Å². The fraction of sp³-hybridized carbons (Fsp3) is 0.389. The highest BCUT2D eigenvalue weighted by Crippen LogP contribution is 2.23. The third kappa shape index (κ3) is 3.99. The van der Waals surface area contributed by atoms with Gasteiger partial charge >= 0.3 is 6.03 Å². The summed E-state index contributed by atoms with van der Waals surface area (Å²) in [4.78, 5) is 32.2. The Morgan fingerprint density at radius 3 is 2.88 bits per heavy atom. The van der Waals surface area contributed by atoms with Crippen molar-refractivity contribution < 1.29 is 9.59 Å². The number of aromatic nitrogens is 2. The van der Waals surface area contributed by atoms with E-state index in [4.69, 9.17) is 0 Å². The number of benzene rings is 1.